The van der Waals surface area contributed by atoms with Crippen molar-refractivity contribution in [3.63, 3.8) is 0 Å². The van der Waals surface area contributed by atoms with Crippen molar-refractivity contribution >= 4 is 17.5 Å². The van der Waals surface area contributed by atoms with E-state index in [9.17, 15) is 0 Å². The van der Waals surface area contributed by atoms with Gasteiger partial charge in [0.25, 0.3) is 0 Å². The first-order valence-electron chi connectivity index (χ1n) is 6.03. The van der Waals surface area contributed by atoms with Crippen LogP contribution in [0.3, 0.4) is 0 Å². The second kappa shape index (κ2) is 4.66. The highest BCUT2D eigenvalue weighted by Gasteiger charge is 2.23. The highest BCUT2D eigenvalue weighted by Crippen LogP contribution is 2.45. The molecule has 1 aliphatic heterocycles. The molecule has 0 spiro atoms. The van der Waals surface area contributed by atoms with Crippen LogP contribution in [-0.4, -0.2) is 18.4 Å². The predicted octanol–water partition coefficient (Wildman–Crippen LogP) is 2.91. The fourth-order valence-electron chi connectivity index (χ4n) is 2.22. The molecule has 19 heavy (non-hydrogen) atoms. The Bertz CT molecular complexity index is 625. The van der Waals surface area contributed by atoms with Crippen molar-refractivity contribution in [1.29, 1.82) is 0 Å². The Balaban J connectivity index is 2.24. The van der Waals surface area contributed by atoms with Gasteiger partial charge in [0.15, 0.2) is 11.5 Å². The summed E-state index contributed by atoms with van der Waals surface area (Å²) in [6, 6.07) is 1.88. The van der Waals surface area contributed by atoms with Crippen LogP contribution in [0.2, 0.25) is 5.02 Å². The average molecular weight is 281 g/mol. The molecule has 2 aromatic rings. The highest BCUT2D eigenvalue weighted by atomic mass is 35.5. The average Bonchev–Trinajstić information content (AvgIpc) is 2.85. The summed E-state index contributed by atoms with van der Waals surface area (Å²) in [7, 11) is 0. The standard InChI is InChI=1S/C13H13ClN2O3/c1-2-7-8(9-6-16-19-13(9)15)5-10-12(11(7)14)18-4-3-17-10/h5-6H,2-4,15H2,1H3. The van der Waals surface area contributed by atoms with E-state index in [-0.39, 0.29) is 5.88 Å². The first-order valence-corrected chi connectivity index (χ1v) is 6.41. The quantitative estimate of drug-likeness (QED) is 0.916. The summed E-state index contributed by atoms with van der Waals surface area (Å²) in [4.78, 5) is 0. The van der Waals surface area contributed by atoms with Gasteiger partial charge in [0, 0.05) is 0 Å². The van der Waals surface area contributed by atoms with Crippen LogP contribution in [-0.2, 0) is 6.42 Å². The molecule has 1 aromatic heterocycles. The molecule has 100 valence electrons. The smallest absolute Gasteiger partial charge is 0.229 e. The molecular formula is C13H13ClN2O3. The van der Waals surface area contributed by atoms with Gasteiger partial charge >= 0.3 is 0 Å². The van der Waals surface area contributed by atoms with E-state index in [0.29, 0.717) is 29.7 Å². The van der Waals surface area contributed by atoms with Crippen molar-refractivity contribution in [1.82, 2.24) is 5.16 Å². The van der Waals surface area contributed by atoms with Crippen LogP contribution in [0.4, 0.5) is 5.88 Å². The summed E-state index contributed by atoms with van der Waals surface area (Å²) in [5.74, 6) is 1.50. The first kappa shape index (κ1) is 12.2. The van der Waals surface area contributed by atoms with Gasteiger partial charge in [0.05, 0.1) is 16.8 Å². The van der Waals surface area contributed by atoms with Crippen LogP contribution in [0, 0.1) is 0 Å². The van der Waals surface area contributed by atoms with Crippen molar-refractivity contribution in [2.75, 3.05) is 18.9 Å². The zero-order chi connectivity index (χ0) is 13.4. The van der Waals surface area contributed by atoms with E-state index in [1.165, 1.54) is 0 Å². The van der Waals surface area contributed by atoms with Crippen molar-refractivity contribution in [2.24, 2.45) is 0 Å². The number of halogens is 1. The lowest BCUT2D eigenvalue weighted by molar-refractivity contribution is 0.171. The van der Waals surface area contributed by atoms with Gasteiger partial charge in [-0.2, -0.15) is 0 Å². The summed E-state index contributed by atoms with van der Waals surface area (Å²) in [5.41, 5.74) is 8.31. The summed E-state index contributed by atoms with van der Waals surface area (Å²) >= 11 is 6.40. The minimum Gasteiger partial charge on any atom is -0.486 e. The minimum atomic E-state index is 0.266. The van der Waals surface area contributed by atoms with Crippen LogP contribution >= 0.6 is 11.6 Å². The van der Waals surface area contributed by atoms with Gasteiger partial charge in [-0.1, -0.05) is 23.7 Å². The maximum Gasteiger partial charge on any atom is 0.229 e. The number of ether oxygens (including phenoxy) is 2. The van der Waals surface area contributed by atoms with Crippen LogP contribution < -0.4 is 15.2 Å². The summed E-state index contributed by atoms with van der Waals surface area (Å²) in [6.45, 7) is 3.03. The van der Waals surface area contributed by atoms with Gasteiger partial charge in [-0.05, 0) is 23.6 Å². The number of nitrogens with two attached hydrogens (primary N) is 1. The number of nitrogens with zero attached hydrogens (tertiary/aromatic N) is 1. The number of benzene rings is 1. The fraction of sp³-hybridized carbons (Fsp3) is 0.308. The zero-order valence-electron chi connectivity index (χ0n) is 10.4. The molecule has 2 N–H and O–H groups in total. The Hall–Kier alpha value is -1.88. The summed E-state index contributed by atoms with van der Waals surface area (Å²) < 4.78 is 16.1. The molecule has 2 heterocycles. The van der Waals surface area contributed by atoms with Gasteiger partial charge < -0.3 is 19.7 Å². The maximum atomic E-state index is 6.40. The molecule has 0 atom stereocenters. The number of hydrogen-bond acceptors (Lipinski definition) is 5. The number of rotatable bonds is 2. The Morgan fingerprint density at radius 3 is 2.79 bits per heavy atom. The number of hydrogen-bond donors (Lipinski definition) is 1. The third-order valence-corrected chi connectivity index (χ3v) is 3.52. The second-order valence-corrected chi connectivity index (χ2v) is 4.58. The van der Waals surface area contributed by atoms with Gasteiger partial charge in [0.1, 0.15) is 13.2 Å². The molecule has 0 amide bonds. The van der Waals surface area contributed by atoms with Crippen molar-refractivity contribution in [2.45, 2.75) is 13.3 Å². The predicted molar refractivity (Wildman–Crippen MR) is 71.7 cm³/mol. The van der Waals surface area contributed by atoms with Gasteiger partial charge in [0.2, 0.25) is 5.88 Å². The van der Waals surface area contributed by atoms with Gasteiger partial charge in [-0.15, -0.1) is 0 Å². The van der Waals surface area contributed by atoms with Crippen LogP contribution in [0.25, 0.3) is 11.1 Å². The lowest BCUT2D eigenvalue weighted by atomic mass is 9.98. The molecule has 0 aliphatic carbocycles. The Kier molecular flexibility index (Phi) is 2.98. The third kappa shape index (κ3) is 1.90. The summed E-state index contributed by atoms with van der Waals surface area (Å²) in [6.07, 6.45) is 2.33. The molecule has 0 saturated carbocycles. The molecule has 0 saturated heterocycles. The van der Waals surface area contributed by atoms with Crippen molar-refractivity contribution < 1.29 is 14.0 Å². The van der Waals surface area contributed by atoms with Crippen molar-refractivity contribution in [3.05, 3.63) is 22.8 Å². The molecule has 3 rings (SSSR count). The molecule has 1 aliphatic rings. The molecule has 0 radical (unpaired) electrons. The molecular weight excluding hydrogens is 268 g/mol. The Morgan fingerprint density at radius 2 is 2.11 bits per heavy atom. The van der Waals surface area contributed by atoms with Crippen LogP contribution in [0.1, 0.15) is 12.5 Å². The first-order chi connectivity index (χ1) is 9.22. The molecule has 0 bridgehead atoms. The molecule has 5 nitrogen and oxygen atoms in total. The number of fused-ring (bicyclic) bond motifs is 1. The number of nitrogen functional groups attached to an aromatic ring is 1. The van der Waals surface area contributed by atoms with E-state index < -0.39 is 0 Å². The number of anilines is 1. The SMILES string of the molecule is CCc1c(-c2cnoc2N)cc2c(c1Cl)OCCO2. The molecule has 0 unspecified atom stereocenters. The van der Waals surface area contributed by atoms with E-state index in [4.69, 9.17) is 31.3 Å². The van der Waals surface area contributed by atoms with E-state index in [1.807, 2.05) is 13.0 Å². The fourth-order valence-corrected chi connectivity index (χ4v) is 2.60. The third-order valence-electron chi connectivity index (χ3n) is 3.12. The van der Waals surface area contributed by atoms with Crippen molar-refractivity contribution in [3.8, 4) is 22.6 Å². The minimum absolute atomic E-state index is 0.266. The topological polar surface area (TPSA) is 70.5 Å². The zero-order valence-corrected chi connectivity index (χ0v) is 11.2. The van der Waals surface area contributed by atoms with Gasteiger partial charge in [-0.3, -0.25) is 0 Å². The Labute approximate surface area is 115 Å². The largest absolute Gasteiger partial charge is 0.486 e. The monoisotopic (exact) mass is 280 g/mol. The molecule has 0 fully saturated rings. The van der Waals surface area contributed by atoms with Crippen LogP contribution in [0.5, 0.6) is 11.5 Å². The maximum absolute atomic E-state index is 6.40. The second-order valence-electron chi connectivity index (χ2n) is 4.20. The lowest BCUT2D eigenvalue weighted by Crippen LogP contribution is -2.16. The summed E-state index contributed by atoms with van der Waals surface area (Å²) in [5, 5.41) is 4.27. The van der Waals surface area contributed by atoms with E-state index in [0.717, 1.165) is 23.1 Å². The Morgan fingerprint density at radius 1 is 1.32 bits per heavy atom. The molecule has 6 heteroatoms. The van der Waals surface area contributed by atoms with E-state index >= 15 is 0 Å². The normalized spacial score (nSPS) is 13.6. The van der Waals surface area contributed by atoms with E-state index in [2.05, 4.69) is 5.16 Å². The highest BCUT2D eigenvalue weighted by molar-refractivity contribution is 6.33. The van der Waals surface area contributed by atoms with Gasteiger partial charge in [-0.25, -0.2) is 0 Å². The number of aromatic nitrogens is 1. The van der Waals surface area contributed by atoms with E-state index in [1.54, 1.807) is 6.20 Å². The van der Waals surface area contributed by atoms with Crippen LogP contribution in [0.15, 0.2) is 16.8 Å². The lowest BCUT2D eigenvalue weighted by Gasteiger charge is -2.22. The molecule has 1 aromatic carbocycles.